The van der Waals surface area contributed by atoms with Crippen LogP contribution in [0.4, 0.5) is 0 Å². The Hall–Kier alpha value is -2.29. The lowest BCUT2D eigenvalue weighted by atomic mass is 9.98. The van der Waals surface area contributed by atoms with E-state index < -0.39 is 0 Å². The number of aryl methyl sites for hydroxylation is 2. The first-order chi connectivity index (χ1) is 10.6. The van der Waals surface area contributed by atoms with Crippen LogP contribution < -0.4 is 9.47 Å². The number of hydrogen-bond donors (Lipinski definition) is 0. The number of ether oxygens (including phenoxy) is 2. The first-order valence-electron chi connectivity index (χ1n) is 7.57. The number of esters is 1. The topological polar surface area (TPSA) is 35.5 Å². The molecule has 2 aromatic carbocycles. The standard InChI is InChI=1S/C19H22O3/c1-5-14-11-16(7-9-18(14)21-4)17-8-10-19(22-13(3)20)15(6-2)12-17/h7-12H,5-6H2,1-4H3. The summed E-state index contributed by atoms with van der Waals surface area (Å²) in [6.07, 6.45) is 1.73. The van der Waals surface area contributed by atoms with Gasteiger partial charge in [-0.3, -0.25) is 4.79 Å². The van der Waals surface area contributed by atoms with E-state index in [1.807, 2.05) is 18.2 Å². The Bertz CT molecular complexity index is 674. The van der Waals surface area contributed by atoms with E-state index in [-0.39, 0.29) is 5.97 Å². The molecule has 3 nitrogen and oxygen atoms in total. The van der Waals surface area contributed by atoms with Crippen molar-refractivity contribution < 1.29 is 14.3 Å². The largest absolute Gasteiger partial charge is 0.496 e. The first kappa shape index (κ1) is 16.1. The molecule has 0 unspecified atom stereocenters. The van der Waals surface area contributed by atoms with E-state index in [2.05, 4.69) is 32.0 Å². The van der Waals surface area contributed by atoms with Gasteiger partial charge in [0.05, 0.1) is 7.11 Å². The molecule has 0 atom stereocenters. The Balaban J connectivity index is 2.42. The minimum Gasteiger partial charge on any atom is -0.496 e. The molecule has 0 amide bonds. The highest BCUT2D eigenvalue weighted by Gasteiger charge is 2.09. The lowest BCUT2D eigenvalue weighted by Crippen LogP contribution is -2.03. The second kappa shape index (κ2) is 7.12. The molecule has 0 aromatic heterocycles. The van der Waals surface area contributed by atoms with Gasteiger partial charge in [0, 0.05) is 6.92 Å². The maximum Gasteiger partial charge on any atom is 0.308 e. The van der Waals surface area contributed by atoms with Gasteiger partial charge in [-0.2, -0.15) is 0 Å². The van der Waals surface area contributed by atoms with E-state index in [0.717, 1.165) is 35.3 Å². The summed E-state index contributed by atoms with van der Waals surface area (Å²) in [4.78, 5) is 11.2. The van der Waals surface area contributed by atoms with Crippen LogP contribution in [-0.4, -0.2) is 13.1 Å². The molecule has 2 aromatic rings. The van der Waals surface area contributed by atoms with E-state index in [9.17, 15) is 4.79 Å². The maximum atomic E-state index is 11.2. The first-order valence-corrected chi connectivity index (χ1v) is 7.57. The number of hydrogen-bond acceptors (Lipinski definition) is 3. The van der Waals surface area contributed by atoms with Gasteiger partial charge in [0.25, 0.3) is 0 Å². The second-order valence-electron chi connectivity index (χ2n) is 5.15. The van der Waals surface area contributed by atoms with Crippen molar-refractivity contribution in [2.24, 2.45) is 0 Å². The van der Waals surface area contributed by atoms with E-state index in [4.69, 9.17) is 9.47 Å². The van der Waals surface area contributed by atoms with Gasteiger partial charge >= 0.3 is 5.97 Å². The predicted molar refractivity (Wildman–Crippen MR) is 88.5 cm³/mol. The molecule has 2 rings (SSSR count). The Morgan fingerprint density at radius 1 is 0.909 bits per heavy atom. The molecule has 116 valence electrons. The van der Waals surface area contributed by atoms with Gasteiger partial charge in [-0.05, 0) is 59.4 Å². The zero-order chi connectivity index (χ0) is 16.1. The summed E-state index contributed by atoms with van der Waals surface area (Å²) in [6, 6.07) is 12.1. The summed E-state index contributed by atoms with van der Waals surface area (Å²) >= 11 is 0. The van der Waals surface area contributed by atoms with Crippen LogP contribution in [0.15, 0.2) is 36.4 Å². The lowest BCUT2D eigenvalue weighted by Gasteiger charge is -2.12. The summed E-state index contributed by atoms with van der Waals surface area (Å²) in [5.74, 6) is 1.27. The minimum atomic E-state index is -0.292. The van der Waals surface area contributed by atoms with Crippen LogP contribution in [0.2, 0.25) is 0 Å². The van der Waals surface area contributed by atoms with Crippen molar-refractivity contribution in [2.75, 3.05) is 7.11 Å². The SMILES string of the molecule is CCc1cc(-c2ccc(OC(C)=O)c(CC)c2)ccc1OC. The molecule has 0 fully saturated rings. The molecule has 0 aliphatic heterocycles. The molecule has 22 heavy (non-hydrogen) atoms. The summed E-state index contributed by atoms with van der Waals surface area (Å²) in [7, 11) is 1.69. The molecule has 0 spiro atoms. The molecular formula is C19H22O3. The van der Waals surface area contributed by atoms with Crippen molar-refractivity contribution in [1.82, 2.24) is 0 Å². The van der Waals surface area contributed by atoms with Gasteiger partial charge in [0.2, 0.25) is 0 Å². The third-order valence-electron chi connectivity index (χ3n) is 3.69. The molecule has 0 saturated heterocycles. The predicted octanol–water partition coefficient (Wildman–Crippen LogP) is 4.41. The molecule has 0 N–H and O–H groups in total. The molecule has 0 saturated carbocycles. The third-order valence-corrected chi connectivity index (χ3v) is 3.69. The Morgan fingerprint density at radius 3 is 1.86 bits per heavy atom. The number of benzene rings is 2. The summed E-state index contributed by atoms with van der Waals surface area (Å²) < 4.78 is 10.6. The summed E-state index contributed by atoms with van der Waals surface area (Å²) in [6.45, 7) is 5.59. The van der Waals surface area contributed by atoms with E-state index in [0.29, 0.717) is 5.75 Å². The average Bonchev–Trinajstić information content (AvgIpc) is 2.54. The number of methoxy groups -OCH3 is 1. The lowest BCUT2D eigenvalue weighted by molar-refractivity contribution is -0.131. The highest BCUT2D eigenvalue weighted by molar-refractivity contribution is 5.72. The fraction of sp³-hybridized carbons (Fsp3) is 0.316. The van der Waals surface area contributed by atoms with Gasteiger partial charge in [0.15, 0.2) is 0 Å². The van der Waals surface area contributed by atoms with Gasteiger partial charge in [-0.25, -0.2) is 0 Å². The van der Waals surface area contributed by atoms with Crippen molar-refractivity contribution in [3.05, 3.63) is 47.5 Å². The maximum absolute atomic E-state index is 11.2. The zero-order valence-corrected chi connectivity index (χ0v) is 13.6. The fourth-order valence-electron chi connectivity index (χ4n) is 2.52. The number of rotatable bonds is 5. The smallest absolute Gasteiger partial charge is 0.308 e. The van der Waals surface area contributed by atoms with Crippen molar-refractivity contribution >= 4 is 5.97 Å². The van der Waals surface area contributed by atoms with Crippen LogP contribution in [0.5, 0.6) is 11.5 Å². The zero-order valence-electron chi connectivity index (χ0n) is 13.6. The molecule has 0 bridgehead atoms. The Kier molecular flexibility index (Phi) is 5.21. The molecule has 0 heterocycles. The second-order valence-corrected chi connectivity index (χ2v) is 5.15. The van der Waals surface area contributed by atoms with Gasteiger partial charge in [0.1, 0.15) is 11.5 Å². The normalized spacial score (nSPS) is 10.4. The van der Waals surface area contributed by atoms with Crippen molar-refractivity contribution in [1.29, 1.82) is 0 Å². The molecule has 0 aliphatic rings. The van der Waals surface area contributed by atoms with Crippen molar-refractivity contribution in [2.45, 2.75) is 33.6 Å². The molecule has 3 heteroatoms. The van der Waals surface area contributed by atoms with Crippen LogP contribution >= 0.6 is 0 Å². The number of carbonyl (C=O) groups is 1. The monoisotopic (exact) mass is 298 g/mol. The van der Waals surface area contributed by atoms with Crippen LogP contribution in [0.25, 0.3) is 11.1 Å². The van der Waals surface area contributed by atoms with Crippen LogP contribution in [0.1, 0.15) is 31.9 Å². The van der Waals surface area contributed by atoms with E-state index >= 15 is 0 Å². The quantitative estimate of drug-likeness (QED) is 0.606. The van der Waals surface area contributed by atoms with Gasteiger partial charge in [-0.15, -0.1) is 0 Å². The minimum absolute atomic E-state index is 0.292. The third kappa shape index (κ3) is 3.48. The summed E-state index contributed by atoms with van der Waals surface area (Å²) in [5, 5.41) is 0. The van der Waals surface area contributed by atoms with Crippen LogP contribution in [0, 0.1) is 0 Å². The van der Waals surface area contributed by atoms with Crippen molar-refractivity contribution in [3.8, 4) is 22.6 Å². The Morgan fingerprint density at radius 2 is 1.41 bits per heavy atom. The average molecular weight is 298 g/mol. The van der Waals surface area contributed by atoms with Crippen molar-refractivity contribution in [3.63, 3.8) is 0 Å². The van der Waals surface area contributed by atoms with Gasteiger partial charge in [-0.1, -0.05) is 26.0 Å². The van der Waals surface area contributed by atoms with Gasteiger partial charge < -0.3 is 9.47 Å². The molecular weight excluding hydrogens is 276 g/mol. The highest BCUT2D eigenvalue weighted by Crippen LogP contribution is 2.30. The van der Waals surface area contributed by atoms with Crippen LogP contribution in [-0.2, 0) is 17.6 Å². The summed E-state index contributed by atoms with van der Waals surface area (Å²) in [5.41, 5.74) is 4.47. The number of carbonyl (C=O) groups excluding carboxylic acids is 1. The molecule has 0 radical (unpaired) electrons. The van der Waals surface area contributed by atoms with E-state index in [1.165, 1.54) is 12.5 Å². The van der Waals surface area contributed by atoms with Crippen LogP contribution in [0.3, 0.4) is 0 Å². The Labute approximate surface area is 131 Å². The fourth-order valence-corrected chi connectivity index (χ4v) is 2.52. The highest BCUT2D eigenvalue weighted by atomic mass is 16.5. The van der Waals surface area contributed by atoms with E-state index in [1.54, 1.807) is 7.11 Å². The molecule has 0 aliphatic carbocycles.